The minimum Gasteiger partial charge on any atom is -0.358 e. The second kappa shape index (κ2) is 7.02. The Morgan fingerprint density at radius 3 is 2.43 bits per heavy atom. The Labute approximate surface area is 139 Å². The monoisotopic (exact) mass is 315 g/mol. The fourth-order valence-corrected chi connectivity index (χ4v) is 4.14. The summed E-state index contributed by atoms with van der Waals surface area (Å²) in [7, 11) is 1.74. The van der Waals surface area contributed by atoms with Crippen LogP contribution in [0.3, 0.4) is 0 Å². The molecule has 1 fully saturated rings. The zero-order valence-electron chi connectivity index (χ0n) is 14.5. The molecule has 1 aromatic rings. The molecule has 0 radical (unpaired) electrons. The average Bonchev–Trinajstić information content (AvgIpc) is 3.09. The molecule has 0 unspecified atom stereocenters. The standard InChI is InChI=1S/C19H29N3O/c1-13(2)11-22-12-17(10-18(22)19(23)20-3)21-16-8-14-6-4-5-7-15(14)9-16/h4-7,13,16-18,21H,8-12H2,1-3H3,(H,20,23)/t17-,18+/m1/s1. The maximum atomic E-state index is 12.2. The number of carbonyl (C=O) groups is 1. The van der Waals surface area contributed by atoms with E-state index in [9.17, 15) is 4.79 Å². The summed E-state index contributed by atoms with van der Waals surface area (Å²) in [6, 6.07) is 9.68. The van der Waals surface area contributed by atoms with Crippen LogP contribution >= 0.6 is 0 Å². The number of fused-ring (bicyclic) bond motifs is 1. The summed E-state index contributed by atoms with van der Waals surface area (Å²) < 4.78 is 0. The van der Waals surface area contributed by atoms with Crippen LogP contribution in [0.15, 0.2) is 24.3 Å². The minimum atomic E-state index is 0.0173. The number of benzene rings is 1. The summed E-state index contributed by atoms with van der Waals surface area (Å²) >= 11 is 0. The number of likely N-dealkylation sites (N-methyl/N-ethyl adjacent to an activating group) is 1. The summed E-state index contributed by atoms with van der Waals surface area (Å²) in [5.41, 5.74) is 2.95. The van der Waals surface area contributed by atoms with Crippen molar-refractivity contribution >= 4 is 5.91 Å². The SMILES string of the molecule is CNC(=O)[C@@H]1C[C@@H](NC2Cc3ccccc3C2)CN1CC(C)C. The van der Waals surface area contributed by atoms with Crippen LogP contribution in [0.25, 0.3) is 0 Å². The number of hydrogen-bond donors (Lipinski definition) is 2. The number of amides is 1. The van der Waals surface area contributed by atoms with E-state index < -0.39 is 0 Å². The molecule has 4 heteroatoms. The van der Waals surface area contributed by atoms with Crippen molar-refractivity contribution in [1.29, 1.82) is 0 Å². The van der Waals surface area contributed by atoms with Gasteiger partial charge in [0, 0.05) is 32.2 Å². The molecule has 0 bridgehead atoms. The van der Waals surface area contributed by atoms with E-state index in [1.165, 1.54) is 11.1 Å². The van der Waals surface area contributed by atoms with Gasteiger partial charge in [-0.2, -0.15) is 0 Å². The molecule has 23 heavy (non-hydrogen) atoms. The first-order valence-electron chi connectivity index (χ1n) is 8.85. The van der Waals surface area contributed by atoms with E-state index in [4.69, 9.17) is 0 Å². The van der Waals surface area contributed by atoms with E-state index in [1.807, 2.05) is 0 Å². The summed E-state index contributed by atoms with van der Waals surface area (Å²) in [6.45, 7) is 6.40. The Bertz CT molecular complexity index is 532. The molecule has 0 aromatic heterocycles. The summed E-state index contributed by atoms with van der Waals surface area (Å²) in [5.74, 6) is 0.737. The van der Waals surface area contributed by atoms with Crippen LogP contribution in [-0.4, -0.2) is 49.1 Å². The van der Waals surface area contributed by atoms with Crippen LogP contribution in [0.1, 0.15) is 31.4 Å². The van der Waals surface area contributed by atoms with E-state index in [-0.39, 0.29) is 11.9 Å². The van der Waals surface area contributed by atoms with Gasteiger partial charge in [0.1, 0.15) is 0 Å². The smallest absolute Gasteiger partial charge is 0.237 e. The zero-order valence-corrected chi connectivity index (χ0v) is 14.5. The molecule has 126 valence electrons. The van der Waals surface area contributed by atoms with Gasteiger partial charge in [0.05, 0.1) is 6.04 Å². The molecule has 1 saturated heterocycles. The molecule has 2 aliphatic rings. The average molecular weight is 315 g/mol. The quantitative estimate of drug-likeness (QED) is 0.867. The third-order valence-corrected chi connectivity index (χ3v) is 5.07. The van der Waals surface area contributed by atoms with Crippen molar-refractivity contribution in [2.24, 2.45) is 5.92 Å². The van der Waals surface area contributed by atoms with Gasteiger partial charge in [0.25, 0.3) is 0 Å². The molecule has 1 aliphatic carbocycles. The minimum absolute atomic E-state index is 0.0173. The largest absolute Gasteiger partial charge is 0.358 e. The van der Waals surface area contributed by atoms with Crippen molar-refractivity contribution in [3.63, 3.8) is 0 Å². The maximum Gasteiger partial charge on any atom is 0.237 e. The van der Waals surface area contributed by atoms with Gasteiger partial charge in [-0.05, 0) is 36.3 Å². The predicted molar refractivity (Wildman–Crippen MR) is 93.4 cm³/mol. The molecule has 2 N–H and O–H groups in total. The lowest BCUT2D eigenvalue weighted by Gasteiger charge is -2.24. The van der Waals surface area contributed by atoms with E-state index in [2.05, 4.69) is 53.6 Å². The number of hydrogen-bond acceptors (Lipinski definition) is 3. The lowest BCUT2D eigenvalue weighted by Crippen LogP contribution is -2.43. The number of nitrogens with zero attached hydrogens (tertiary/aromatic N) is 1. The molecule has 2 atom stereocenters. The highest BCUT2D eigenvalue weighted by Gasteiger charge is 2.37. The molecule has 1 aliphatic heterocycles. The Hall–Kier alpha value is -1.39. The van der Waals surface area contributed by atoms with Crippen molar-refractivity contribution in [2.45, 2.75) is 51.2 Å². The van der Waals surface area contributed by atoms with Gasteiger partial charge < -0.3 is 10.6 Å². The Balaban J connectivity index is 1.60. The maximum absolute atomic E-state index is 12.2. The predicted octanol–water partition coefficient (Wildman–Crippen LogP) is 1.59. The fraction of sp³-hybridized carbons (Fsp3) is 0.632. The van der Waals surface area contributed by atoms with Gasteiger partial charge in [0.15, 0.2) is 0 Å². The molecule has 1 heterocycles. The van der Waals surface area contributed by atoms with Crippen LogP contribution in [0.2, 0.25) is 0 Å². The van der Waals surface area contributed by atoms with Gasteiger partial charge in [-0.1, -0.05) is 38.1 Å². The van der Waals surface area contributed by atoms with Crippen molar-refractivity contribution in [3.05, 3.63) is 35.4 Å². The number of rotatable bonds is 5. The van der Waals surface area contributed by atoms with Crippen molar-refractivity contribution in [2.75, 3.05) is 20.1 Å². The van der Waals surface area contributed by atoms with E-state index >= 15 is 0 Å². The van der Waals surface area contributed by atoms with Gasteiger partial charge in [-0.3, -0.25) is 9.69 Å². The van der Waals surface area contributed by atoms with Gasteiger partial charge in [-0.25, -0.2) is 0 Å². The van der Waals surface area contributed by atoms with E-state index in [0.29, 0.717) is 18.0 Å². The molecule has 4 nitrogen and oxygen atoms in total. The van der Waals surface area contributed by atoms with E-state index in [1.54, 1.807) is 7.05 Å². The van der Waals surface area contributed by atoms with Crippen LogP contribution in [0, 0.1) is 5.92 Å². The van der Waals surface area contributed by atoms with Gasteiger partial charge in [0.2, 0.25) is 5.91 Å². The third-order valence-electron chi connectivity index (χ3n) is 5.07. The highest BCUT2D eigenvalue weighted by Crippen LogP contribution is 2.25. The topological polar surface area (TPSA) is 44.4 Å². The summed E-state index contributed by atoms with van der Waals surface area (Å²) in [4.78, 5) is 14.5. The Kier molecular flexibility index (Phi) is 5.02. The lowest BCUT2D eigenvalue weighted by molar-refractivity contribution is -0.125. The second-order valence-corrected chi connectivity index (χ2v) is 7.45. The lowest BCUT2D eigenvalue weighted by atomic mass is 10.1. The highest BCUT2D eigenvalue weighted by molar-refractivity contribution is 5.81. The molecular weight excluding hydrogens is 286 g/mol. The van der Waals surface area contributed by atoms with Crippen LogP contribution in [0.5, 0.6) is 0 Å². The number of likely N-dealkylation sites (tertiary alicyclic amines) is 1. The Morgan fingerprint density at radius 2 is 1.87 bits per heavy atom. The Morgan fingerprint density at radius 1 is 1.22 bits per heavy atom. The second-order valence-electron chi connectivity index (χ2n) is 7.45. The summed E-state index contributed by atoms with van der Waals surface area (Å²) in [6.07, 6.45) is 3.14. The van der Waals surface area contributed by atoms with Crippen molar-refractivity contribution < 1.29 is 4.79 Å². The van der Waals surface area contributed by atoms with Gasteiger partial charge >= 0.3 is 0 Å². The molecule has 1 aromatic carbocycles. The van der Waals surface area contributed by atoms with E-state index in [0.717, 1.165) is 32.4 Å². The van der Waals surface area contributed by atoms with Crippen LogP contribution in [-0.2, 0) is 17.6 Å². The first-order valence-corrected chi connectivity index (χ1v) is 8.85. The normalized spacial score (nSPS) is 25.0. The summed E-state index contributed by atoms with van der Waals surface area (Å²) in [5, 5.41) is 6.65. The van der Waals surface area contributed by atoms with Crippen molar-refractivity contribution in [1.82, 2.24) is 15.5 Å². The molecule has 1 amide bonds. The first kappa shape index (κ1) is 16.5. The number of nitrogens with one attached hydrogen (secondary N) is 2. The van der Waals surface area contributed by atoms with Crippen molar-refractivity contribution in [3.8, 4) is 0 Å². The zero-order chi connectivity index (χ0) is 16.4. The van der Waals surface area contributed by atoms with Crippen LogP contribution < -0.4 is 10.6 Å². The third kappa shape index (κ3) is 3.75. The number of carbonyl (C=O) groups excluding carboxylic acids is 1. The molecular formula is C19H29N3O. The highest BCUT2D eigenvalue weighted by atomic mass is 16.2. The van der Waals surface area contributed by atoms with Crippen LogP contribution in [0.4, 0.5) is 0 Å². The molecule has 3 rings (SSSR count). The fourth-order valence-electron chi connectivity index (χ4n) is 4.14. The van der Waals surface area contributed by atoms with Gasteiger partial charge in [-0.15, -0.1) is 0 Å². The molecule has 0 saturated carbocycles. The molecule has 0 spiro atoms. The first-order chi connectivity index (χ1) is 11.1.